The first-order valence-electron chi connectivity index (χ1n) is 4.51. The molecule has 1 heterocycles. The van der Waals surface area contributed by atoms with Crippen LogP contribution >= 0.6 is 0 Å². The predicted octanol–water partition coefficient (Wildman–Crippen LogP) is -3.08. The van der Waals surface area contributed by atoms with Crippen molar-refractivity contribution in [1.29, 1.82) is 0 Å². The Hall–Kier alpha value is -0.730. The van der Waals surface area contributed by atoms with Gasteiger partial charge >= 0.3 is 0 Å². The van der Waals surface area contributed by atoms with E-state index in [4.69, 9.17) is 9.84 Å². The molecule has 1 rings (SSSR count). The summed E-state index contributed by atoms with van der Waals surface area (Å²) in [7, 11) is 0. The zero-order valence-electron chi connectivity index (χ0n) is 8.25. The Morgan fingerprint density at radius 3 is 2.67 bits per heavy atom. The Labute approximate surface area is 86.3 Å². The molecule has 88 valence electrons. The van der Waals surface area contributed by atoms with Gasteiger partial charge in [-0.25, -0.2) is 0 Å². The number of rotatable bonds is 2. The number of aliphatic hydroxyl groups excluding tert-OH is 3. The summed E-state index contributed by atoms with van der Waals surface area (Å²) in [5, 5.41) is 39.7. The largest absolute Gasteiger partial charge is 0.391 e. The van der Waals surface area contributed by atoms with Crippen molar-refractivity contribution in [2.45, 2.75) is 31.0 Å². The fourth-order valence-electron chi connectivity index (χ4n) is 1.47. The third-order valence-corrected chi connectivity index (χ3v) is 2.31. The van der Waals surface area contributed by atoms with Crippen LogP contribution in [-0.4, -0.2) is 63.6 Å². The number of aliphatic hydroxyl groups is 4. The van der Waals surface area contributed by atoms with Gasteiger partial charge in [0.1, 0.15) is 18.2 Å². The van der Waals surface area contributed by atoms with E-state index in [0.717, 1.165) is 0 Å². The second-order valence-corrected chi connectivity index (χ2v) is 3.55. The molecule has 0 aliphatic carbocycles. The van der Waals surface area contributed by atoms with Gasteiger partial charge in [0.15, 0.2) is 0 Å². The van der Waals surface area contributed by atoms with Gasteiger partial charge in [-0.1, -0.05) is 0 Å². The van der Waals surface area contributed by atoms with Crippen molar-refractivity contribution in [2.75, 3.05) is 13.2 Å². The molecular weight excluding hydrogens is 206 g/mol. The molecule has 1 aliphatic rings. The molecule has 7 heteroatoms. The van der Waals surface area contributed by atoms with E-state index in [1.165, 1.54) is 6.92 Å². The lowest BCUT2D eigenvalue weighted by Crippen LogP contribution is -2.68. The second-order valence-electron chi connectivity index (χ2n) is 3.55. The highest BCUT2D eigenvalue weighted by Crippen LogP contribution is 2.23. The lowest BCUT2D eigenvalue weighted by Gasteiger charge is -2.43. The van der Waals surface area contributed by atoms with Crippen molar-refractivity contribution in [3.63, 3.8) is 0 Å². The summed E-state index contributed by atoms with van der Waals surface area (Å²) in [5.41, 5.74) is 0. The van der Waals surface area contributed by atoms with E-state index < -0.39 is 36.6 Å². The van der Waals surface area contributed by atoms with Gasteiger partial charge in [-0.15, -0.1) is 0 Å². The third-order valence-electron chi connectivity index (χ3n) is 2.31. The lowest BCUT2D eigenvalue weighted by atomic mass is 9.94. The fourth-order valence-corrected chi connectivity index (χ4v) is 1.47. The van der Waals surface area contributed by atoms with E-state index >= 15 is 0 Å². The molecule has 1 fully saturated rings. The number of hydrogen-bond donors (Lipinski definition) is 5. The molecule has 7 nitrogen and oxygen atoms in total. The summed E-state index contributed by atoms with van der Waals surface area (Å²) in [6.07, 6.45) is -2.60. The minimum absolute atomic E-state index is 0.311. The van der Waals surface area contributed by atoms with Gasteiger partial charge in [-0.2, -0.15) is 0 Å². The number of nitrogens with one attached hydrogen (secondary N) is 1. The van der Waals surface area contributed by atoms with Gasteiger partial charge in [0, 0.05) is 6.92 Å². The van der Waals surface area contributed by atoms with Crippen LogP contribution in [0.3, 0.4) is 0 Å². The molecule has 0 bridgehead atoms. The summed E-state index contributed by atoms with van der Waals surface area (Å²) in [5.74, 6) is -2.58. The average Bonchev–Trinajstić information content (AvgIpc) is 2.19. The van der Waals surface area contributed by atoms with Crippen molar-refractivity contribution in [3.05, 3.63) is 0 Å². The minimum Gasteiger partial charge on any atom is -0.391 e. The molecule has 1 amide bonds. The van der Waals surface area contributed by atoms with Gasteiger partial charge in [0.05, 0.1) is 13.2 Å². The van der Waals surface area contributed by atoms with Crippen molar-refractivity contribution in [1.82, 2.24) is 5.32 Å². The molecule has 0 aromatic carbocycles. The van der Waals surface area contributed by atoms with Gasteiger partial charge in [-0.05, 0) is 0 Å². The van der Waals surface area contributed by atoms with Crippen LogP contribution in [-0.2, 0) is 9.53 Å². The van der Waals surface area contributed by atoms with Crippen LogP contribution < -0.4 is 5.32 Å². The van der Waals surface area contributed by atoms with E-state index in [-0.39, 0.29) is 6.61 Å². The van der Waals surface area contributed by atoms with Gasteiger partial charge in [0.25, 0.3) is 0 Å². The van der Waals surface area contributed by atoms with Gasteiger partial charge in [0.2, 0.25) is 11.7 Å². The number of carbonyl (C=O) groups is 1. The molecule has 0 radical (unpaired) electrons. The molecular formula is C8H15NO6. The summed E-state index contributed by atoms with van der Waals surface area (Å²) < 4.78 is 4.79. The molecule has 0 aromatic heterocycles. The summed E-state index contributed by atoms with van der Waals surface area (Å²) >= 11 is 0. The van der Waals surface area contributed by atoms with Crippen molar-refractivity contribution in [2.24, 2.45) is 0 Å². The highest BCUT2D eigenvalue weighted by atomic mass is 16.6. The molecule has 1 saturated heterocycles. The van der Waals surface area contributed by atoms with E-state index in [1.54, 1.807) is 0 Å². The second kappa shape index (κ2) is 4.42. The molecule has 0 unspecified atom stereocenters. The molecule has 0 aromatic rings. The number of ether oxygens (including phenoxy) is 1. The molecule has 0 saturated carbocycles. The Morgan fingerprint density at radius 1 is 1.60 bits per heavy atom. The number of hydrogen-bond acceptors (Lipinski definition) is 6. The highest BCUT2D eigenvalue weighted by Gasteiger charge is 2.49. The fraction of sp³-hybridized carbons (Fsp3) is 0.875. The maximum absolute atomic E-state index is 10.8. The van der Waals surface area contributed by atoms with Crippen LogP contribution in [0.25, 0.3) is 0 Å². The minimum atomic E-state index is -2.07. The van der Waals surface area contributed by atoms with Crippen LogP contribution in [0.5, 0.6) is 0 Å². The third kappa shape index (κ3) is 2.44. The quantitative estimate of drug-likeness (QED) is 0.337. The van der Waals surface area contributed by atoms with Gasteiger partial charge < -0.3 is 30.5 Å². The first-order valence-corrected chi connectivity index (χ1v) is 4.51. The van der Waals surface area contributed by atoms with E-state index in [0.29, 0.717) is 0 Å². The monoisotopic (exact) mass is 221 g/mol. The smallest absolute Gasteiger partial charge is 0.217 e. The zero-order valence-corrected chi connectivity index (χ0v) is 8.25. The normalized spacial score (nSPS) is 41.3. The van der Waals surface area contributed by atoms with Crippen LogP contribution in [0.15, 0.2) is 0 Å². The summed E-state index contributed by atoms with van der Waals surface area (Å²) in [6.45, 7) is 0.0849. The highest BCUT2D eigenvalue weighted by molar-refractivity contribution is 5.73. The van der Waals surface area contributed by atoms with Gasteiger partial charge in [-0.3, -0.25) is 4.79 Å². The SMILES string of the molecule is CC(=O)N[C@H]1[C@H](O)[C@@H](O)CO[C@@]1(O)CO. The molecule has 15 heavy (non-hydrogen) atoms. The lowest BCUT2D eigenvalue weighted by molar-refractivity contribution is -0.297. The predicted molar refractivity (Wildman–Crippen MR) is 47.6 cm³/mol. The Morgan fingerprint density at radius 2 is 2.20 bits per heavy atom. The standard InChI is InChI=1S/C8H15NO6/c1-4(11)9-7-6(13)5(12)2-15-8(7,14)3-10/h5-7,10,12-14H,2-3H2,1H3,(H,9,11)/t5-,6+,7-,8-/m0/s1. The first-order chi connectivity index (χ1) is 6.90. The maximum atomic E-state index is 10.8. The molecule has 0 spiro atoms. The topological polar surface area (TPSA) is 119 Å². The number of carbonyl (C=O) groups excluding carboxylic acids is 1. The summed E-state index contributed by atoms with van der Waals surface area (Å²) in [4.78, 5) is 10.8. The zero-order chi connectivity index (χ0) is 11.6. The van der Waals surface area contributed by atoms with E-state index in [9.17, 15) is 20.1 Å². The molecule has 5 N–H and O–H groups in total. The Bertz CT molecular complexity index is 247. The first kappa shape index (κ1) is 12.3. The van der Waals surface area contributed by atoms with Crippen molar-refractivity contribution in [3.8, 4) is 0 Å². The maximum Gasteiger partial charge on any atom is 0.217 e. The van der Waals surface area contributed by atoms with Crippen molar-refractivity contribution >= 4 is 5.91 Å². The average molecular weight is 221 g/mol. The number of amides is 1. The molecule has 4 atom stereocenters. The van der Waals surface area contributed by atoms with E-state index in [2.05, 4.69) is 5.32 Å². The Kier molecular flexibility index (Phi) is 3.63. The molecule has 1 aliphatic heterocycles. The van der Waals surface area contributed by atoms with Crippen molar-refractivity contribution < 1.29 is 30.0 Å². The van der Waals surface area contributed by atoms with Crippen LogP contribution in [0, 0.1) is 0 Å². The van der Waals surface area contributed by atoms with Crippen LogP contribution in [0.2, 0.25) is 0 Å². The van der Waals surface area contributed by atoms with E-state index in [1.807, 2.05) is 0 Å². The van der Waals surface area contributed by atoms with Crippen LogP contribution in [0.1, 0.15) is 6.92 Å². The van der Waals surface area contributed by atoms with Crippen LogP contribution in [0.4, 0.5) is 0 Å². The summed E-state index contributed by atoms with van der Waals surface area (Å²) in [6, 6.07) is -1.26. The Balaban J connectivity index is 2.84.